The van der Waals surface area contributed by atoms with E-state index < -0.39 is 0 Å². The molecule has 3 rings (SSSR count). The van der Waals surface area contributed by atoms with E-state index in [0.717, 1.165) is 27.8 Å². The average molecular weight is 368 g/mol. The van der Waals surface area contributed by atoms with Gasteiger partial charge in [0.1, 0.15) is 12.1 Å². The molecule has 2 aromatic heterocycles. The van der Waals surface area contributed by atoms with Crippen LogP contribution in [0, 0.1) is 6.92 Å². The Morgan fingerprint density at radius 1 is 0.963 bits per heavy atom. The molecule has 0 saturated heterocycles. The summed E-state index contributed by atoms with van der Waals surface area (Å²) < 4.78 is 16.5. The number of hydrogen-bond donors (Lipinski definition) is 1. The highest BCUT2D eigenvalue weighted by atomic mass is 16.5. The zero-order chi connectivity index (χ0) is 19.7. The lowest BCUT2D eigenvalue weighted by molar-refractivity contribution is 0.324. The fourth-order valence-corrected chi connectivity index (χ4v) is 3.48. The van der Waals surface area contributed by atoms with E-state index in [2.05, 4.69) is 28.8 Å². The third-order valence-electron chi connectivity index (χ3n) is 4.57. The molecule has 1 aromatic carbocycles. The van der Waals surface area contributed by atoms with E-state index in [9.17, 15) is 0 Å². The predicted molar refractivity (Wildman–Crippen MR) is 106 cm³/mol. The van der Waals surface area contributed by atoms with Gasteiger partial charge >= 0.3 is 0 Å². The quantitative estimate of drug-likeness (QED) is 0.733. The van der Waals surface area contributed by atoms with Gasteiger partial charge in [-0.05, 0) is 36.1 Å². The minimum Gasteiger partial charge on any atom is -0.493 e. The first kappa shape index (κ1) is 18.7. The lowest BCUT2D eigenvalue weighted by Crippen LogP contribution is -2.05. The zero-order valence-corrected chi connectivity index (χ0v) is 16.5. The summed E-state index contributed by atoms with van der Waals surface area (Å²) >= 11 is 0. The molecule has 0 unspecified atom stereocenters. The lowest BCUT2D eigenvalue weighted by atomic mass is 9.89. The number of hydrogen-bond acceptors (Lipinski definition) is 7. The Morgan fingerprint density at radius 3 is 2.11 bits per heavy atom. The molecule has 0 radical (unpaired) electrons. The number of nitrogens with zero attached hydrogens (tertiary/aromatic N) is 3. The summed E-state index contributed by atoms with van der Waals surface area (Å²) in [6.45, 7) is 6.23. The molecule has 0 amide bonds. The van der Waals surface area contributed by atoms with Crippen LogP contribution in [-0.2, 0) is 0 Å². The Bertz CT molecular complexity index is 977. The minimum atomic E-state index is 0.218. The van der Waals surface area contributed by atoms with Gasteiger partial charge in [-0.15, -0.1) is 0 Å². The van der Waals surface area contributed by atoms with Crippen LogP contribution in [-0.4, -0.2) is 36.3 Å². The normalized spacial score (nSPS) is 11.1. The predicted octanol–water partition coefficient (Wildman–Crippen LogP) is 3.73. The molecular weight excluding hydrogens is 344 g/mol. The first-order chi connectivity index (χ1) is 12.9. The number of nitrogens with two attached hydrogens (primary N) is 1. The SMILES string of the molecule is COc1cc(-c2c(C(C)C)c(C)nc3ncnc(N)c23)cc(OC)c1OC. The van der Waals surface area contributed by atoms with Crippen LogP contribution >= 0.6 is 0 Å². The van der Waals surface area contributed by atoms with Crippen molar-refractivity contribution in [3.8, 4) is 28.4 Å². The maximum atomic E-state index is 6.23. The molecule has 2 N–H and O–H groups in total. The summed E-state index contributed by atoms with van der Waals surface area (Å²) in [5, 5.41) is 0.723. The summed E-state index contributed by atoms with van der Waals surface area (Å²) in [6, 6.07) is 3.82. The standard InChI is InChI=1S/C20H24N4O3/c1-10(2)15-11(3)24-20-17(19(21)22-9-23-20)16(15)12-7-13(25-4)18(27-6)14(8-12)26-5/h7-10H,1-6H3,(H2,21,22,23,24). The van der Waals surface area contributed by atoms with E-state index >= 15 is 0 Å². The van der Waals surface area contributed by atoms with E-state index in [0.29, 0.717) is 28.7 Å². The van der Waals surface area contributed by atoms with Crippen LogP contribution in [0.1, 0.15) is 31.0 Å². The van der Waals surface area contributed by atoms with Crippen LogP contribution in [0.5, 0.6) is 17.2 Å². The molecule has 0 spiro atoms. The number of ether oxygens (including phenoxy) is 3. The van der Waals surface area contributed by atoms with E-state index in [1.807, 2.05) is 19.1 Å². The van der Waals surface area contributed by atoms with Crippen LogP contribution in [0.15, 0.2) is 18.5 Å². The van der Waals surface area contributed by atoms with Crippen LogP contribution in [0.2, 0.25) is 0 Å². The molecule has 27 heavy (non-hydrogen) atoms. The van der Waals surface area contributed by atoms with Crippen LogP contribution < -0.4 is 19.9 Å². The average Bonchev–Trinajstić information content (AvgIpc) is 2.65. The molecule has 2 heterocycles. The molecular formula is C20H24N4O3. The Kier molecular flexibility index (Phi) is 5.03. The van der Waals surface area contributed by atoms with Crippen molar-refractivity contribution in [3.63, 3.8) is 0 Å². The second kappa shape index (κ2) is 7.26. The maximum absolute atomic E-state index is 6.23. The molecule has 3 aromatic rings. The number of rotatable bonds is 5. The van der Waals surface area contributed by atoms with Gasteiger partial charge in [0, 0.05) is 11.3 Å². The van der Waals surface area contributed by atoms with Gasteiger partial charge in [0.2, 0.25) is 5.75 Å². The summed E-state index contributed by atoms with van der Waals surface area (Å²) in [6.07, 6.45) is 1.43. The maximum Gasteiger partial charge on any atom is 0.203 e. The summed E-state index contributed by atoms with van der Waals surface area (Å²) in [5.74, 6) is 2.28. The van der Waals surface area contributed by atoms with E-state index in [-0.39, 0.29) is 5.92 Å². The van der Waals surface area contributed by atoms with Gasteiger partial charge < -0.3 is 19.9 Å². The molecule has 0 aliphatic rings. The van der Waals surface area contributed by atoms with Crippen LogP contribution in [0.4, 0.5) is 5.82 Å². The molecule has 0 bridgehead atoms. The zero-order valence-electron chi connectivity index (χ0n) is 16.5. The number of nitrogen functional groups attached to an aromatic ring is 1. The third kappa shape index (κ3) is 3.09. The molecule has 0 aliphatic heterocycles. The van der Waals surface area contributed by atoms with Crippen molar-refractivity contribution >= 4 is 16.9 Å². The number of aryl methyl sites for hydroxylation is 1. The third-order valence-corrected chi connectivity index (χ3v) is 4.57. The number of benzene rings is 1. The first-order valence-corrected chi connectivity index (χ1v) is 8.63. The Hall–Kier alpha value is -3.09. The number of methoxy groups -OCH3 is 3. The lowest BCUT2D eigenvalue weighted by Gasteiger charge is -2.20. The van der Waals surface area contributed by atoms with Gasteiger partial charge in [-0.3, -0.25) is 0 Å². The Labute approximate surface area is 158 Å². The fraction of sp³-hybridized carbons (Fsp3) is 0.350. The molecule has 0 fully saturated rings. The molecule has 142 valence electrons. The van der Waals surface area contributed by atoms with E-state index in [1.165, 1.54) is 6.33 Å². The van der Waals surface area contributed by atoms with E-state index in [4.69, 9.17) is 19.9 Å². The van der Waals surface area contributed by atoms with Gasteiger partial charge in [0.15, 0.2) is 17.1 Å². The molecule has 0 atom stereocenters. The first-order valence-electron chi connectivity index (χ1n) is 8.63. The number of anilines is 1. The minimum absolute atomic E-state index is 0.218. The highest BCUT2D eigenvalue weighted by Crippen LogP contribution is 2.45. The van der Waals surface area contributed by atoms with Crippen LogP contribution in [0.25, 0.3) is 22.2 Å². The van der Waals surface area contributed by atoms with Crippen molar-refractivity contribution < 1.29 is 14.2 Å². The van der Waals surface area contributed by atoms with Gasteiger partial charge in [0.05, 0.1) is 26.7 Å². The molecule has 7 heteroatoms. The van der Waals surface area contributed by atoms with Gasteiger partial charge in [-0.2, -0.15) is 0 Å². The van der Waals surface area contributed by atoms with Crippen molar-refractivity contribution in [2.75, 3.05) is 27.1 Å². The molecule has 7 nitrogen and oxygen atoms in total. The number of pyridine rings is 1. The van der Waals surface area contributed by atoms with Gasteiger partial charge in [0.25, 0.3) is 0 Å². The monoisotopic (exact) mass is 368 g/mol. The topological polar surface area (TPSA) is 92.4 Å². The largest absolute Gasteiger partial charge is 0.493 e. The van der Waals surface area contributed by atoms with Crippen molar-refractivity contribution in [2.45, 2.75) is 26.7 Å². The van der Waals surface area contributed by atoms with Gasteiger partial charge in [-0.25, -0.2) is 15.0 Å². The fourth-order valence-electron chi connectivity index (χ4n) is 3.48. The van der Waals surface area contributed by atoms with Crippen molar-refractivity contribution in [1.82, 2.24) is 15.0 Å². The summed E-state index contributed by atoms with van der Waals surface area (Å²) in [5.41, 5.74) is 10.6. The summed E-state index contributed by atoms with van der Waals surface area (Å²) in [4.78, 5) is 13.1. The highest BCUT2D eigenvalue weighted by molar-refractivity contribution is 6.01. The van der Waals surface area contributed by atoms with Crippen molar-refractivity contribution in [3.05, 3.63) is 29.7 Å². The summed E-state index contributed by atoms with van der Waals surface area (Å²) in [7, 11) is 4.77. The number of fused-ring (bicyclic) bond motifs is 1. The van der Waals surface area contributed by atoms with Gasteiger partial charge in [-0.1, -0.05) is 13.8 Å². The van der Waals surface area contributed by atoms with Crippen LogP contribution in [0.3, 0.4) is 0 Å². The van der Waals surface area contributed by atoms with Crippen molar-refractivity contribution in [1.29, 1.82) is 0 Å². The number of aromatic nitrogens is 3. The Morgan fingerprint density at radius 2 is 1.59 bits per heavy atom. The molecule has 0 saturated carbocycles. The van der Waals surface area contributed by atoms with Crippen molar-refractivity contribution in [2.24, 2.45) is 0 Å². The van der Waals surface area contributed by atoms with E-state index in [1.54, 1.807) is 21.3 Å². The second-order valence-corrected chi connectivity index (χ2v) is 6.51. The highest BCUT2D eigenvalue weighted by Gasteiger charge is 2.23. The second-order valence-electron chi connectivity index (χ2n) is 6.51. The molecule has 0 aliphatic carbocycles. The Balaban J connectivity index is 2.48. The smallest absolute Gasteiger partial charge is 0.203 e.